The van der Waals surface area contributed by atoms with E-state index in [1.807, 2.05) is 39.8 Å². The van der Waals surface area contributed by atoms with Gasteiger partial charge in [0.2, 0.25) is 0 Å². The van der Waals surface area contributed by atoms with E-state index in [1.165, 1.54) is 4.90 Å². The van der Waals surface area contributed by atoms with Gasteiger partial charge in [-0.1, -0.05) is 31.5 Å². The van der Waals surface area contributed by atoms with Gasteiger partial charge >= 0.3 is 12.0 Å². The number of carbonyl (C=O) groups is 2. The maximum Gasteiger partial charge on any atom is 0.323 e. The average molecular weight is 292 g/mol. The number of carboxylic acids is 1. The smallest absolute Gasteiger partial charge is 0.323 e. The van der Waals surface area contributed by atoms with Crippen molar-refractivity contribution in [3.8, 4) is 0 Å². The second-order valence-corrected chi connectivity index (χ2v) is 5.51. The van der Waals surface area contributed by atoms with E-state index >= 15 is 0 Å². The molecule has 5 nitrogen and oxygen atoms in total. The Hall–Kier alpha value is -2.04. The van der Waals surface area contributed by atoms with Gasteiger partial charge in [0, 0.05) is 11.2 Å². The summed E-state index contributed by atoms with van der Waals surface area (Å²) in [4.78, 5) is 24.7. The zero-order valence-electron chi connectivity index (χ0n) is 13.1. The largest absolute Gasteiger partial charge is 0.480 e. The molecule has 0 spiro atoms. The van der Waals surface area contributed by atoms with Crippen molar-refractivity contribution in [3.05, 3.63) is 29.8 Å². The number of rotatable bonds is 6. The van der Waals surface area contributed by atoms with Crippen LogP contribution in [0.4, 0.5) is 10.5 Å². The number of aryl methyl sites for hydroxylation is 1. The lowest BCUT2D eigenvalue weighted by atomic mass is 9.96. The van der Waals surface area contributed by atoms with Gasteiger partial charge in [0.05, 0.1) is 0 Å². The Morgan fingerprint density at radius 2 is 1.71 bits per heavy atom. The molecule has 0 aliphatic heterocycles. The summed E-state index contributed by atoms with van der Waals surface area (Å²) in [5.74, 6) is -1.04. The number of carboxylic acid groups (broad SMARTS) is 1. The molecule has 21 heavy (non-hydrogen) atoms. The minimum atomic E-state index is -1.04. The van der Waals surface area contributed by atoms with Crippen molar-refractivity contribution in [1.29, 1.82) is 0 Å². The normalized spacial score (nSPS) is 11.0. The van der Waals surface area contributed by atoms with Crippen LogP contribution in [0.1, 0.15) is 39.2 Å². The van der Waals surface area contributed by atoms with Crippen LogP contribution in [-0.4, -0.2) is 29.2 Å². The van der Waals surface area contributed by atoms with Gasteiger partial charge in [-0.3, -0.25) is 9.69 Å². The average Bonchev–Trinajstić information content (AvgIpc) is 2.45. The number of hydrogen-bond acceptors (Lipinski definition) is 2. The maximum atomic E-state index is 12.4. The van der Waals surface area contributed by atoms with E-state index in [0.29, 0.717) is 5.69 Å². The van der Waals surface area contributed by atoms with E-state index in [9.17, 15) is 9.59 Å². The third kappa shape index (κ3) is 4.77. The summed E-state index contributed by atoms with van der Waals surface area (Å²) in [6.45, 7) is 7.53. The fourth-order valence-corrected chi connectivity index (χ4v) is 1.89. The molecule has 0 fully saturated rings. The standard InChI is InChI=1S/C16H24N2O3/c1-5-16(4,6-2)17-15(21)18(11-14(19)20)13-9-7-12(3)8-10-13/h7-10H,5-6,11H2,1-4H3,(H,17,21)(H,19,20). The number of benzene rings is 1. The number of nitrogens with one attached hydrogen (secondary N) is 1. The molecule has 0 radical (unpaired) electrons. The van der Waals surface area contributed by atoms with E-state index in [4.69, 9.17) is 5.11 Å². The van der Waals surface area contributed by atoms with Gasteiger partial charge in [-0.2, -0.15) is 0 Å². The first-order chi connectivity index (χ1) is 9.81. The first-order valence-corrected chi connectivity index (χ1v) is 7.19. The van der Waals surface area contributed by atoms with Crippen LogP contribution in [0.3, 0.4) is 0 Å². The third-order valence-corrected chi connectivity index (χ3v) is 3.85. The maximum absolute atomic E-state index is 12.4. The lowest BCUT2D eigenvalue weighted by Gasteiger charge is -2.32. The van der Waals surface area contributed by atoms with Crippen molar-refractivity contribution < 1.29 is 14.7 Å². The molecule has 0 aliphatic rings. The van der Waals surface area contributed by atoms with Crippen molar-refractivity contribution in [3.63, 3.8) is 0 Å². The predicted molar refractivity (Wildman–Crippen MR) is 83.7 cm³/mol. The minimum Gasteiger partial charge on any atom is -0.480 e. The molecule has 116 valence electrons. The Morgan fingerprint density at radius 1 is 1.19 bits per heavy atom. The summed E-state index contributed by atoms with van der Waals surface area (Å²) in [7, 11) is 0. The second-order valence-electron chi connectivity index (χ2n) is 5.51. The van der Waals surface area contributed by atoms with Gasteiger partial charge in [-0.25, -0.2) is 4.79 Å². The van der Waals surface area contributed by atoms with Gasteiger partial charge in [-0.05, 0) is 38.8 Å². The van der Waals surface area contributed by atoms with Crippen LogP contribution in [0.15, 0.2) is 24.3 Å². The minimum absolute atomic E-state index is 0.335. The molecule has 0 saturated heterocycles. The Bertz CT molecular complexity index is 493. The van der Waals surface area contributed by atoms with Gasteiger partial charge < -0.3 is 10.4 Å². The van der Waals surface area contributed by atoms with Crippen LogP contribution in [0.2, 0.25) is 0 Å². The second kappa shape index (κ2) is 7.11. The van der Waals surface area contributed by atoms with E-state index in [0.717, 1.165) is 18.4 Å². The summed E-state index contributed by atoms with van der Waals surface area (Å²) in [5, 5.41) is 12.0. The number of aliphatic carboxylic acids is 1. The molecule has 1 aromatic rings. The molecule has 0 aliphatic carbocycles. The SMILES string of the molecule is CCC(C)(CC)NC(=O)N(CC(=O)O)c1ccc(C)cc1. The Kier molecular flexibility index (Phi) is 5.76. The van der Waals surface area contributed by atoms with Gasteiger partial charge in [-0.15, -0.1) is 0 Å². The molecule has 0 atom stereocenters. The van der Waals surface area contributed by atoms with E-state index < -0.39 is 5.97 Å². The number of urea groups is 1. The molecule has 5 heteroatoms. The van der Waals surface area contributed by atoms with Gasteiger partial charge in [0.1, 0.15) is 6.54 Å². The fourth-order valence-electron chi connectivity index (χ4n) is 1.89. The fraction of sp³-hybridized carbons (Fsp3) is 0.500. The molecule has 2 amide bonds. The lowest BCUT2D eigenvalue weighted by molar-refractivity contribution is -0.135. The first-order valence-electron chi connectivity index (χ1n) is 7.19. The molecule has 0 bridgehead atoms. The number of anilines is 1. The molecular formula is C16H24N2O3. The molecule has 0 unspecified atom stereocenters. The van der Waals surface area contributed by atoms with Crippen LogP contribution in [-0.2, 0) is 4.79 Å². The molecule has 0 aromatic heterocycles. The zero-order chi connectivity index (χ0) is 16.0. The van der Waals surface area contributed by atoms with E-state index in [2.05, 4.69) is 5.32 Å². The lowest BCUT2D eigenvalue weighted by Crippen LogP contribution is -2.52. The highest BCUT2D eigenvalue weighted by Crippen LogP contribution is 2.18. The summed E-state index contributed by atoms with van der Waals surface area (Å²) in [6.07, 6.45) is 1.56. The number of hydrogen-bond donors (Lipinski definition) is 2. The molecule has 2 N–H and O–H groups in total. The van der Waals surface area contributed by atoms with Gasteiger partial charge in [0.15, 0.2) is 0 Å². The van der Waals surface area contributed by atoms with E-state index in [-0.39, 0.29) is 18.1 Å². The van der Waals surface area contributed by atoms with Crippen molar-refractivity contribution in [2.75, 3.05) is 11.4 Å². The summed E-state index contributed by atoms with van der Waals surface area (Å²) in [6, 6.07) is 6.85. The van der Waals surface area contributed by atoms with Crippen molar-refractivity contribution in [2.24, 2.45) is 0 Å². The third-order valence-electron chi connectivity index (χ3n) is 3.85. The Morgan fingerprint density at radius 3 is 2.14 bits per heavy atom. The molecule has 0 heterocycles. The van der Waals surface area contributed by atoms with Crippen LogP contribution in [0.25, 0.3) is 0 Å². The number of nitrogens with zero attached hydrogens (tertiary/aromatic N) is 1. The van der Waals surface area contributed by atoms with Gasteiger partial charge in [0.25, 0.3) is 0 Å². The van der Waals surface area contributed by atoms with Crippen molar-refractivity contribution >= 4 is 17.7 Å². The monoisotopic (exact) mass is 292 g/mol. The molecule has 1 aromatic carbocycles. The van der Waals surface area contributed by atoms with Crippen LogP contribution in [0, 0.1) is 6.92 Å². The molecule has 0 saturated carbocycles. The molecule has 1 rings (SSSR count). The first kappa shape index (κ1) is 17.0. The summed E-state index contributed by atoms with van der Waals surface area (Å²) < 4.78 is 0. The summed E-state index contributed by atoms with van der Waals surface area (Å²) in [5.41, 5.74) is 1.30. The zero-order valence-corrected chi connectivity index (χ0v) is 13.1. The Balaban J connectivity index is 2.99. The highest BCUT2D eigenvalue weighted by atomic mass is 16.4. The van der Waals surface area contributed by atoms with E-state index in [1.54, 1.807) is 12.1 Å². The number of amides is 2. The molecular weight excluding hydrogens is 268 g/mol. The predicted octanol–water partition coefficient (Wildman–Crippen LogP) is 3.17. The van der Waals surface area contributed by atoms with Crippen molar-refractivity contribution in [1.82, 2.24) is 5.32 Å². The quantitative estimate of drug-likeness (QED) is 0.846. The number of carbonyl (C=O) groups excluding carboxylic acids is 1. The van der Waals surface area contributed by atoms with Crippen LogP contribution >= 0.6 is 0 Å². The van der Waals surface area contributed by atoms with Crippen LogP contribution < -0.4 is 10.2 Å². The highest BCUT2D eigenvalue weighted by molar-refractivity contribution is 5.96. The summed E-state index contributed by atoms with van der Waals surface area (Å²) >= 11 is 0. The van der Waals surface area contributed by atoms with Crippen molar-refractivity contribution in [2.45, 2.75) is 46.1 Å². The highest BCUT2D eigenvalue weighted by Gasteiger charge is 2.26. The topological polar surface area (TPSA) is 69.6 Å². The Labute approximate surface area is 126 Å². The van der Waals surface area contributed by atoms with Crippen LogP contribution in [0.5, 0.6) is 0 Å².